The lowest BCUT2D eigenvalue weighted by Gasteiger charge is -2.32. The predicted molar refractivity (Wildman–Crippen MR) is 92.1 cm³/mol. The number of esters is 1. The molecule has 0 N–H and O–H groups in total. The Hall–Kier alpha value is -2.09. The highest BCUT2D eigenvalue weighted by Gasteiger charge is 2.39. The second-order valence-corrected chi connectivity index (χ2v) is 8.27. The van der Waals surface area contributed by atoms with E-state index in [0.29, 0.717) is 17.7 Å². The summed E-state index contributed by atoms with van der Waals surface area (Å²) in [5.74, 6) is -0.446. The van der Waals surface area contributed by atoms with Gasteiger partial charge in [0.25, 0.3) is 0 Å². The molecule has 2 atom stereocenters. The second kappa shape index (κ2) is 7.86. The van der Waals surface area contributed by atoms with Crippen LogP contribution in [0.1, 0.15) is 18.9 Å². The molecule has 1 saturated heterocycles. The molecular formula is C17H23NO6S. The molecule has 1 amide bonds. The zero-order valence-electron chi connectivity index (χ0n) is 14.6. The topological polar surface area (TPSA) is 90.0 Å². The molecule has 1 aliphatic heterocycles. The normalized spacial score (nSPS) is 19.9. The van der Waals surface area contributed by atoms with Crippen LogP contribution in [0.3, 0.4) is 0 Å². The fourth-order valence-electron chi connectivity index (χ4n) is 3.12. The molecule has 1 fully saturated rings. The van der Waals surface area contributed by atoms with E-state index >= 15 is 0 Å². The van der Waals surface area contributed by atoms with Crippen LogP contribution in [-0.2, 0) is 30.6 Å². The van der Waals surface area contributed by atoms with Gasteiger partial charge in [-0.1, -0.05) is 18.2 Å². The monoisotopic (exact) mass is 369 g/mol. The molecule has 8 heteroatoms. The van der Waals surface area contributed by atoms with E-state index in [9.17, 15) is 18.0 Å². The third kappa shape index (κ3) is 4.50. The summed E-state index contributed by atoms with van der Waals surface area (Å²) < 4.78 is 33.6. The highest BCUT2D eigenvalue weighted by molar-refractivity contribution is 7.91. The first-order chi connectivity index (χ1) is 11.8. The van der Waals surface area contributed by atoms with Crippen LogP contribution in [0.15, 0.2) is 24.3 Å². The lowest BCUT2D eigenvalue weighted by atomic mass is 10.1. The maximum Gasteiger partial charge on any atom is 0.328 e. The number of ether oxygens (including phenoxy) is 2. The first-order valence-electron chi connectivity index (χ1n) is 8.00. The van der Waals surface area contributed by atoms with Crippen LogP contribution in [0, 0.1) is 0 Å². The molecule has 1 heterocycles. The van der Waals surface area contributed by atoms with Crippen LogP contribution in [0.25, 0.3) is 0 Å². The van der Waals surface area contributed by atoms with E-state index in [1.165, 1.54) is 19.1 Å². The lowest BCUT2D eigenvalue weighted by Crippen LogP contribution is -2.50. The minimum Gasteiger partial charge on any atom is -0.496 e. The number of carbonyl (C=O) groups is 2. The lowest BCUT2D eigenvalue weighted by molar-refractivity contribution is -0.153. The van der Waals surface area contributed by atoms with E-state index in [1.807, 2.05) is 0 Å². The quantitative estimate of drug-likeness (QED) is 0.690. The molecule has 0 aliphatic carbocycles. The summed E-state index contributed by atoms with van der Waals surface area (Å²) in [6.45, 7) is 1.55. The summed E-state index contributed by atoms with van der Waals surface area (Å²) in [6.07, 6.45) is 0.337. The number of nitrogens with zero attached hydrogens (tertiary/aromatic N) is 1. The molecule has 0 bridgehead atoms. The maximum absolute atomic E-state index is 12.9. The Labute approximate surface area is 147 Å². The molecule has 138 valence electrons. The molecule has 7 nitrogen and oxygen atoms in total. The van der Waals surface area contributed by atoms with Gasteiger partial charge in [0.15, 0.2) is 9.84 Å². The maximum atomic E-state index is 12.9. The average molecular weight is 369 g/mol. The summed E-state index contributed by atoms with van der Waals surface area (Å²) in [4.78, 5) is 26.2. The van der Waals surface area contributed by atoms with Gasteiger partial charge in [0.05, 0.1) is 32.1 Å². The van der Waals surface area contributed by atoms with Gasteiger partial charge in [0.1, 0.15) is 11.8 Å². The molecule has 1 aliphatic rings. The molecular weight excluding hydrogens is 346 g/mol. The van der Waals surface area contributed by atoms with E-state index < -0.39 is 27.9 Å². The van der Waals surface area contributed by atoms with Crippen LogP contribution in [0.2, 0.25) is 0 Å². The van der Waals surface area contributed by atoms with Gasteiger partial charge in [-0.25, -0.2) is 13.2 Å². The number of carbonyl (C=O) groups excluding carboxylic acids is 2. The molecule has 0 spiro atoms. The fourth-order valence-corrected chi connectivity index (χ4v) is 4.83. The molecule has 25 heavy (non-hydrogen) atoms. The van der Waals surface area contributed by atoms with E-state index in [1.54, 1.807) is 31.2 Å². The van der Waals surface area contributed by atoms with Crippen LogP contribution in [0.4, 0.5) is 0 Å². The Morgan fingerprint density at radius 1 is 1.28 bits per heavy atom. The third-order valence-corrected chi connectivity index (χ3v) is 6.13. The third-order valence-electron chi connectivity index (χ3n) is 4.38. The number of amides is 1. The highest BCUT2D eigenvalue weighted by Crippen LogP contribution is 2.24. The Morgan fingerprint density at radius 2 is 1.96 bits per heavy atom. The Morgan fingerprint density at radius 3 is 2.52 bits per heavy atom. The number of methoxy groups -OCH3 is 2. The number of sulfone groups is 1. The van der Waals surface area contributed by atoms with Crippen molar-refractivity contribution in [1.29, 1.82) is 0 Å². The van der Waals surface area contributed by atoms with Crippen molar-refractivity contribution in [2.75, 3.05) is 25.7 Å². The smallest absolute Gasteiger partial charge is 0.328 e. The summed E-state index contributed by atoms with van der Waals surface area (Å²) >= 11 is 0. The number of rotatable bonds is 6. The summed E-state index contributed by atoms with van der Waals surface area (Å²) in [5.41, 5.74) is 0.679. The molecule has 0 saturated carbocycles. The molecule has 1 aromatic carbocycles. The number of benzene rings is 1. The van der Waals surface area contributed by atoms with Gasteiger partial charge in [-0.3, -0.25) is 4.79 Å². The Balaban J connectivity index is 2.28. The van der Waals surface area contributed by atoms with Crippen molar-refractivity contribution in [3.63, 3.8) is 0 Å². The van der Waals surface area contributed by atoms with Crippen LogP contribution in [-0.4, -0.2) is 63.0 Å². The zero-order valence-corrected chi connectivity index (χ0v) is 15.4. The minimum atomic E-state index is -3.20. The standard InChI is InChI=1S/C17H23NO6S/c1-12(17(20)24-3)18(14-8-9-25(21,22)11-14)16(19)10-13-6-4-5-7-15(13)23-2/h4-7,12,14H,8-11H2,1-3H3/t12-,14+/m1/s1. The first-order valence-corrected chi connectivity index (χ1v) is 9.82. The fraction of sp³-hybridized carbons (Fsp3) is 0.529. The summed E-state index contributed by atoms with van der Waals surface area (Å²) in [6, 6.07) is 5.72. The largest absolute Gasteiger partial charge is 0.496 e. The van der Waals surface area contributed by atoms with Crippen molar-refractivity contribution in [3.05, 3.63) is 29.8 Å². The minimum absolute atomic E-state index is 0.0158. The van der Waals surface area contributed by atoms with E-state index in [-0.39, 0.29) is 23.8 Å². The number of hydrogen-bond donors (Lipinski definition) is 0. The first kappa shape index (κ1) is 19.2. The van der Waals surface area contributed by atoms with Crippen molar-refractivity contribution in [2.24, 2.45) is 0 Å². The molecule has 0 radical (unpaired) electrons. The Kier molecular flexibility index (Phi) is 6.05. The molecule has 1 aromatic rings. The van der Waals surface area contributed by atoms with Crippen molar-refractivity contribution < 1.29 is 27.5 Å². The second-order valence-electron chi connectivity index (χ2n) is 6.05. The molecule has 0 aromatic heterocycles. The van der Waals surface area contributed by atoms with Crippen molar-refractivity contribution in [2.45, 2.75) is 31.8 Å². The zero-order chi connectivity index (χ0) is 18.6. The van der Waals surface area contributed by atoms with Crippen LogP contribution in [0.5, 0.6) is 5.75 Å². The molecule has 0 unspecified atom stereocenters. The van der Waals surface area contributed by atoms with E-state index in [2.05, 4.69) is 0 Å². The van der Waals surface area contributed by atoms with E-state index in [0.717, 1.165) is 0 Å². The van der Waals surface area contributed by atoms with Gasteiger partial charge in [-0.15, -0.1) is 0 Å². The van der Waals surface area contributed by atoms with Gasteiger partial charge in [-0.05, 0) is 19.4 Å². The average Bonchev–Trinajstić information content (AvgIpc) is 2.94. The molecule has 2 rings (SSSR count). The highest BCUT2D eigenvalue weighted by atomic mass is 32.2. The van der Waals surface area contributed by atoms with Gasteiger partial charge in [0.2, 0.25) is 5.91 Å². The van der Waals surface area contributed by atoms with Gasteiger partial charge in [-0.2, -0.15) is 0 Å². The van der Waals surface area contributed by atoms with Gasteiger partial charge in [0, 0.05) is 11.6 Å². The van der Waals surface area contributed by atoms with Crippen LogP contribution < -0.4 is 4.74 Å². The summed E-state index contributed by atoms with van der Waals surface area (Å²) in [5, 5.41) is 0. The van der Waals surface area contributed by atoms with E-state index in [4.69, 9.17) is 9.47 Å². The summed E-state index contributed by atoms with van der Waals surface area (Å²) in [7, 11) is -0.438. The van der Waals surface area contributed by atoms with Crippen LogP contribution >= 0.6 is 0 Å². The SMILES string of the molecule is COC(=O)[C@@H](C)N(C(=O)Cc1ccccc1OC)[C@H]1CCS(=O)(=O)C1. The van der Waals surface area contributed by atoms with Gasteiger partial charge < -0.3 is 14.4 Å². The van der Waals surface area contributed by atoms with Gasteiger partial charge >= 0.3 is 5.97 Å². The predicted octanol–water partition coefficient (Wildman–Crippen LogP) is 0.815. The van der Waals surface area contributed by atoms with Crippen molar-refractivity contribution >= 4 is 21.7 Å². The van der Waals surface area contributed by atoms with Crippen molar-refractivity contribution in [3.8, 4) is 5.75 Å². The Bertz CT molecular complexity index is 745. The van der Waals surface area contributed by atoms with Crippen molar-refractivity contribution in [1.82, 2.24) is 4.90 Å². The number of para-hydroxylation sites is 1. The number of hydrogen-bond acceptors (Lipinski definition) is 6.